The highest BCUT2D eigenvalue weighted by Gasteiger charge is 2.30. The van der Waals surface area contributed by atoms with Crippen molar-refractivity contribution >= 4 is 17.6 Å². The highest BCUT2D eigenvalue weighted by atomic mass is 19.4. The predicted octanol–water partition coefficient (Wildman–Crippen LogP) is 3.33. The van der Waals surface area contributed by atoms with Gasteiger partial charge in [-0.05, 0) is 30.7 Å². The second-order valence-corrected chi connectivity index (χ2v) is 3.45. The molecule has 0 radical (unpaired) electrons. The van der Waals surface area contributed by atoms with Gasteiger partial charge in [0.1, 0.15) is 0 Å². The Bertz CT molecular complexity index is 475. The highest BCUT2D eigenvalue weighted by Crippen LogP contribution is 2.29. The molecule has 0 saturated carbocycles. The normalized spacial score (nSPS) is 11.8. The van der Waals surface area contributed by atoms with Crippen LogP contribution in [0.5, 0.6) is 0 Å². The van der Waals surface area contributed by atoms with Gasteiger partial charge in [-0.1, -0.05) is 18.2 Å². The monoisotopic (exact) mass is 241 g/mol. The van der Waals surface area contributed by atoms with E-state index in [1.807, 2.05) is 0 Å². The molecule has 0 aromatic heterocycles. The molecule has 0 fully saturated rings. The summed E-state index contributed by atoms with van der Waals surface area (Å²) >= 11 is 0. The third kappa shape index (κ3) is 3.86. The standard InChI is InChI=1S/C12H10F3NO/c1-8(16)11(17)6-5-9-3-2-4-10(7-9)12(13,14)15/h2-7,16H,1H3/b6-5+,16-8?. The van der Waals surface area contributed by atoms with Crippen molar-refractivity contribution in [2.24, 2.45) is 0 Å². The summed E-state index contributed by atoms with van der Waals surface area (Å²) in [4.78, 5) is 11.1. The van der Waals surface area contributed by atoms with Crippen molar-refractivity contribution in [2.75, 3.05) is 0 Å². The van der Waals surface area contributed by atoms with Crippen molar-refractivity contribution < 1.29 is 18.0 Å². The molecule has 1 aromatic carbocycles. The van der Waals surface area contributed by atoms with Gasteiger partial charge in [0.05, 0.1) is 11.3 Å². The van der Waals surface area contributed by atoms with Crippen LogP contribution in [0.4, 0.5) is 13.2 Å². The molecule has 0 spiro atoms. The SMILES string of the molecule is CC(=N)C(=O)/C=C/c1cccc(C(F)(F)F)c1. The Morgan fingerprint density at radius 1 is 1.35 bits per heavy atom. The Hall–Kier alpha value is -1.91. The molecule has 0 bridgehead atoms. The molecule has 5 heteroatoms. The second kappa shape index (κ2) is 4.95. The van der Waals surface area contributed by atoms with E-state index in [0.717, 1.165) is 18.2 Å². The minimum Gasteiger partial charge on any atom is -0.302 e. The number of carbonyl (C=O) groups excluding carboxylic acids is 1. The van der Waals surface area contributed by atoms with E-state index >= 15 is 0 Å². The molecular formula is C12H10F3NO. The summed E-state index contributed by atoms with van der Waals surface area (Å²) < 4.78 is 37.1. The van der Waals surface area contributed by atoms with Crippen LogP contribution >= 0.6 is 0 Å². The fourth-order valence-corrected chi connectivity index (χ4v) is 1.12. The summed E-state index contributed by atoms with van der Waals surface area (Å²) in [5.74, 6) is -0.526. The first kappa shape index (κ1) is 13.2. The van der Waals surface area contributed by atoms with Crippen LogP contribution in [-0.4, -0.2) is 11.5 Å². The van der Waals surface area contributed by atoms with Crippen LogP contribution in [0.15, 0.2) is 30.3 Å². The van der Waals surface area contributed by atoms with E-state index in [1.54, 1.807) is 0 Å². The van der Waals surface area contributed by atoms with Crippen molar-refractivity contribution in [1.29, 1.82) is 5.41 Å². The van der Waals surface area contributed by atoms with Crippen LogP contribution in [0.3, 0.4) is 0 Å². The van der Waals surface area contributed by atoms with Gasteiger partial charge in [-0.3, -0.25) is 4.79 Å². The number of rotatable bonds is 3. The lowest BCUT2D eigenvalue weighted by Crippen LogP contribution is -2.05. The summed E-state index contributed by atoms with van der Waals surface area (Å²) in [5, 5.41) is 7.03. The fourth-order valence-electron chi connectivity index (χ4n) is 1.12. The number of carbonyl (C=O) groups is 1. The zero-order valence-corrected chi connectivity index (χ0v) is 9.01. The Morgan fingerprint density at radius 3 is 2.53 bits per heavy atom. The number of hydrogen-bond acceptors (Lipinski definition) is 2. The molecule has 90 valence electrons. The first-order valence-electron chi connectivity index (χ1n) is 4.75. The summed E-state index contributed by atoms with van der Waals surface area (Å²) in [6.45, 7) is 1.32. The maximum atomic E-state index is 12.4. The summed E-state index contributed by atoms with van der Waals surface area (Å²) in [6.07, 6.45) is -2.06. The van der Waals surface area contributed by atoms with E-state index < -0.39 is 17.5 Å². The first-order chi connectivity index (χ1) is 7.80. The summed E-state index contributed by atoms with van der Waals surface area (Å²) in [5.41, 5.74) is -0.652. The number of ketones is 1. The highest BCUT2D eigenvalue weighted by molar-refractivity contribution is 6.42. The van der Waals surface area contributed by atoms with Crippen molar-refractivity contribution in [3.63, 3.8) is 0 Å². The van der Waals surface area contributed by atoms with Gasteiger partial charge >= 0.3 is 6.18 Å². The Balaban J connectivity index is 2.94. The Kier molecular flexibility index (Phi) is 3.83. The number of alkyl halides is 3. The molecule has 2 nitrogen and oxygen atoms in total. The Labute approximate surface area is 96.3 Å². The van der Waals surface area contributed by atoms with Crippen LogP contribution in [0.1, 0.15) is 18.1 Å². The van der Waals surface area contributed by atoms with Crippen molar-refractivity contribution in [1.82, 2.24) is 0 Å². The molecule has 1 aromatic rings. The van der Waals surface area contributed by atoms with Crippen molar-refractivity contribution in [3.05, 3.63) is 41.5 Å². The van der Waals surface area contributed by atoms with E-state index in [9.17, 15) is 18.0 Å². The first-order valence-corrected chi connectivity index (χ1v) is 4.75. The largest absolute Gasteiger partial charge is 0.416 e. The molecule has 0 aliphatic rings. The lowest BCUT2D eigenvalue weighted by atomic mass is 10.1. The number of nitrogens with one attached hydrogen (secondary N) is 1. The van der Waals surface area contributed by atoms with Gasteiger partial charge in [0.2, 0.25) is 0 Å². The average Bonchev–Trinajstić information content (AvgIpc) is 2.25. The lowest BCUT2D eigenvalue weighted by molar-refractivity contribution is -0.137. The molecule has 0 aliphatic carbocycles. The van der Waals surface area contributed by atoms with Crippen molar-refractivity contribution in [3.8, 4) is 0 Å². The van der Waals surface area contributed by atoms with Crippen LogP contribution < -0.4 is 0 Å². The van der Waals surface area contributed by atoms with Gasteiger partial charge in [0, 0.05) is 0 Å². The molecule has 0 unspecified atom stereocenters. The van der Waals surface area contributed by atoms with Crippen LogP contribution in [0, 0.1) is 5.41 Å². The molecule has 0 aliphatic heterocycles. The minimum absolute atomic E-state index is 0.159. The van der Waals surface area contributed by atoms with E-state index in [2.05, 4.69) is 0 Å². The predicted molar refractivity (Wildman–Crippen MR) is 58.9 cm³/mol. The molecule has 0 amide bonds. The fraction of sp³-hybridized carbons (Fsp3) is 0.167. The molecule has 0 heterocycles. The van der Waals surface area contributed by atoms with E-state index in [4.69, 9.17) is 5.41 Å². The van der Waals surface area contributed by atoms with Crippen LogP contribution in [0.25, 0.3) is 6.08 Å². The maximum Gasteiger partial charge on any atom is 0.416 e. The third-order valence-corrected chi connectivity index (χ3v) is 2.01. The van der Waals surface area contributed by atoms with Gasteiger partial charge < -0.3 is 5.41 Å². The van der Waals surface area contributed by atoms with Gasteiger partial charge in [0.15, 0.2) is 5.78 Å². The van der Waals surface area contributed by atoms with Gasteiger partial charge in [0.25, 0.3) is 0 Å². The quantitative estimate of drug-likeness (QED) is 0.640. The summed E-state index contributed by atoms with van der Waals surface area (Å²) in [7, 11) is 0. The zero-order chi connectivity index (χ0) is 13.1. The molecule has 1 rings (SSSR count). The van der Waals surface area contributed by atoms with Gasteiger partial charge in [-0.25, -0.2) is 0 Å². The maximum absolute atomic E-state index is 12.4. The molecule has 1 N–H and O–H groups in total. The Morgan fingerprint density at radius 2 is 2.00 bits per heavy atom. The van der Waals surface area contributed by atoms with E-state index in [0.29, 0.717) is 0 Å². The van der Waals surface area contributed by atoms with Crippen molar-refractivity contribution in [2.45, 2.75) is 13.1 Å². The number of allylic oxidation sites excluding steroid dienone is 1. The number of halogens is 3. The van der Waals surface area contributed by atoms with Gasteiger partial charge in [-0.15, -0.1) is 0 Å². The number of benzene rings is 1. The lowest BCUT2D eigenvalue weighted by Gasteiger charge is -2.06. The van der Waals surface area contributed by atoms with Crippen LogP contribution in [-0.2, 0) is 11.0 Å². The number of hydrogen-bond donors (Lipinski definition) is 1. The smallest absolute Gasteiger partial charge is 0.302 e. The second-order valence-electron chi connectivity index (χ2n) is 3.45. The third-order valence-electron chi connectivity index (χ3n) is 2.01. The molecule has 0 atom stereocenters. The minimum atomic E-state index is -4.40. The van der Waals surface area contributed by atoms with Gasteiger partial charge in [-0.2, -0.15) is 13.2 Å². The van der Waals surface area contributed by atoms with E-state index in [-0.39, 0.29) is 11.3 Å². The zero-order valence-electron chi connectivity index (χ0n) is 9.01. The topological polar surface area (TPSA) is 40.9 Å². The molecular weight excluding hydrogens is 231 g/mol. The molecule has 17 heavy (non-hydrogen) atoms. The molecule has 0 saturated heterocycles. The average molecular weight is 241 g/mol. The van der Waals surface area contributed by atoms with Crippen LogP contribution in [0.2, 0.25) is 0 Å². The van der Waals surface area contributed by atoms with E-state index in [1.165, 1.54) is 25.1 Å². The summed E-state index contributed by atoms with van der Waals surface area (Å²) in [6, 6.07) is 4.63.